The minimum atomic E-state index is 0.572. The van der Waals surface area contributed by atoms with Crippen molar-refractivity contribution in [2.45, 2.75) is 32.1 Å². The van der Waals surface area contributed by atoms with Crippen LogP contribution in [0.2, 0.25) is 0 Å². The van der Waals surface area contributed by atoms with E-state index in [9.17, 15) is 0 Å². The van der Waals surface area contributed by atoms with Crippen LogP contribution < -0.4 is 5.32 Å². The van der Waals surface area contributed by atoms with E-state index in [1.54, 1.807) is 7.11 Å². The Morgan fingerprint density at radius 1 is 1.22 bits per heavy atom. The van der Waals surface area contributed by atoms with Crippen LogP contribution in [0.1, 0.15) is 31.2 Å². The van der Waals surface area contributed by atoms with Gasteiger partial charge in [-0.25, -0.2) is 0 Å². The first-order valence-corrected chi connectivity index (χ1v) is 7.08. The van der Waals surface area contributed by atoms with Gasteiger partial charge in [-0.05, 0) is 49.6 Å². The number of nitrogens with one attached hydrogen (secondary N) is 1. The largest absolute Gasteiger partial charge is 0.385 e. The maximum atomic E-state index is 5.18. The zero-order valence-corrected chi connectivity index (χ0v) is 11.5. The van der Waals surface area contributed by atoms with Crippen LogP contribution in [-0.2, 0) is 11.2 Å². The second kappa shape index (κ2) is 6.91. The number of ether oxygens (including phenoxy) is 1. The molecule has 1 saturated carbocycles. The molecule has 0 spiro atoms. The van der Waals surface area contributed by atoms with Crippen LogP contribution >= 0.6 is 0 Å². The number of hydrogen-bond acceptors (Lipinski definition) is 2. The lowest BCUT2D eigenvalue weighted by Gasteiger charge is -2.15. The fourth-order valence-corrected chi connectivity index (χ4v) is 2.43. The van der Waals surface area contributed by atoms with Crippen molar-refractivity contribution < 1.29 is 4.74 Å². The van der Waals surface area contributed by atoms with Crippen LogP contribution in [0.3, 0.4) is 0 Å². The van der Waals surface area contributed by atoms with E-state index in [0.29, 0.717) is 5.41 Å². The lowest BCUT2D eigenvalue weighted by molar-refractivity contribution is 0.171. The standard InChI is InChI=1S/C16H25NO/c1-18-13-11-16(9-10-16)14-17-12-5-8-15-6-3-2-4-7-15/h2-4,6-7,17H,5,8-14H2,1H3. The molecule has 18 heavy (non-hydrogen) atoms. The number of methoxy groups -OCH3 is 1. The molecule has 1 N–H and O–H groups in total. The minimum absolute atomic E-state index is 0.572. The minimum Gasteiger partial charge on any atom is -0.385 e. The van der Waals surface area contributed by atoms with Crippen molar-refractivity contribution in [3.8, 4) is 0 Å². The number of aryl methyl sites for hydroxylation is 1. The molecule has 0 aliphatic heterocycles. The van der Waals surface area contributed by atoms with E-state index < -0.39 is 0 Å². The van der Waals surface area contributed by atoms with Gasteiger partial charge < -0.3 is 10.1 Å². The Bertz CT molecular complexity index is 332. The van der Waals surface area contributed by atoms with Crippen LogP contribution in [0, 0.1) is 5.41 Å². The van der Waals surface area contributed by atoms with Gasteiger partial charge in [0.15, 0.2) is 0 Å². The van der Waals surface area contributed by atoms with Crippen molar-refractivity contribution in [1.29, 1.82) is 0 Å². The molecule has 0 saturated heterocycles. The van der Waals surface area contributed by atoms with E-state index in [2.05, 4.69) is 35.6 Å². The highest BCUT2D eigenvalue weighted by Crippen LogP contribution is 2.48. The topological polar surface area (TPSA) is 21.3 Å². The predicted molar refractivity (Wildman–Crippen MR) is 75.8 cm³/mol. The van der Waals surface area contributed by atoms with E-state index in [1.165, 1.54) is 44.2 Å². The molecule has 0 aromatic heterocycles. The zero-order valence-electron chi connectivity index (χ0n) is 11.5. The molecule has 0 radical (unpaired) electrons. The Balaban J connectivity index is 1.54. The summed E-state index contributed by atoms with van der Waals surface area (Å²) in [6.45, 7) is 3.21. The molecule has 1 aliphatic rings. The summed E-state index contributed by atoms with van der Waals surface area (Å²) in [4.78, 5) is 0. The fraction of sp³-hybridized carbons (Fsp3) is 0.625. The summed E-state index contributed by atoms with van der Waals surface area (Å²) in [5.74, 6) is 0. The maximum absolute atomic E-state index is 5.18. The smallest absolute Gasteiger partial charge is 0.0468 e. The maximum Gasteiger partial charge on any atom is 0.0468 e. The van der Waals surface area contributed by atoms with E-state index in [1.807, 2.05) is 0 Å². The van der Waals surface area contributed by atoms with Crippen molar-refractivity contribution in [2.75, 3.05) is 26.8 Å². The van der Waals surface area contributed by atoms with Crippen molar-refractivity contribution in [3.63, 3.8) is 0 Å². The average molecular weight is 247 g/mol. The highest BCUT2D eigenvalue weighted by atomic mass is 16.5. The second-order valence-corrected chi connectivity index (χ2v) is 5.51. The van der Waals surface area contributed by atoms with E-state index >= 15 is 0 Å². The predicted octanol–water partition coefficient (Wildman–Crippen LogP) is 3.03. The van der Waals surface area contributed by atoms with Gasteiger partial charge in [0, 0.05) is 20.3 Å². The van der Waals surface area contributed by atoms with E-state index in [-0.39, 0.29) is 0 Å². The molecule has 100 valence electrons. The first-order valence-electron chi connectivity index (χ1n) is 7.08. The van der Waals surface area contributed by atoms with Gasteiger partial charge in [-0.2, -0.15) is 0 Å². The van der Waals surface area contributed by atoms with Crippen LogP contribution in [0.4, 0.5) is 0 Å². The van der Waals surface area contributed by atoms with Crippen molar-refractivity contribution >= 4 is 0 Å². The van der Waals surface area contributed by atoms with Crippen LogP contribution in [-0.4, -0.2) is 26.8 Å². The van der Waals surface area contributed by atoms with Crippen molar-refractivity contribution in [2.24, 2.45) is 5.41 Å². The van der Waals surface area contributed by atoms with Gasteiger partial charge in [-0.3, -0.25) is 0 Å². The van der Waals surface area contributed by atoms with Crippen LogP contribution in [0.25, 0.3) is 0 Å². The Hall–Kier alpha value is -0.860. The Labute approximate surface area is 111 Å². The third kappa shape index (κ3) is 4.43. The molecule has 2 rings (SSSR count). The molecule has 0 bridgehead atoms. The molecule has 0 heterocycles. The van der Waals surface area contributed by atoms with Gasteiger partial charge in [0.05, 0.1) is 0 Å². The Kier molecular flexibility index (Phi) is 5.21. The fourth-order valence-electron chi connectivity index (χ4n) is 2.43. The average Bonchev–Trinajstić information content (AvgIpc) is 3.18. The number of hydrogen-bond donors (Lipinski definition) is 1. The highest BCUT2D eigenvalue weighted by Gasteiger charge is 2.41. The quantitative estimate of drug-likeness (QED) is 0.677. The summed E-state index contributed by atoms with van der Waals surface area (Å²) in [5, 5.41) is 3.61. The zero-order chi connectivity index (χ0) is 12.7. The van der Waals surface area contributed by atoms with Gasteiger partial charge in [0.25, 0.3) is 0 Å². The highest BCUT2D eigenvalue weighted by molar-refractivity contribution is 5.14. The van der Waals surface area contributed by atoms with Crippen molar-refractivity contribution in [1.82, 2.24) is 5.32 Å². The molecule has 1 aliphatic carbocycles. The molecular weight excluding hydrogens is 222 g/mol. The first-order chi connectivity index (χ1) is 8.85. The van der Waals surface area contributed by atoms with Crippen LogP contribution in [0.5, 0.6) is 0 Å². The van der Waals surface area contributed by atoms with Gasteiger partial charge in [-0.1, -0.05) is 30.3 Å². The molecule has 2 nitrogen and oxygen atoms in total. The molecular formula is C16H25NO. The molecule has 2 heteroatoms. The Morgan fingerprint density at radius 3 is 2.67 bits per heavy atom. The first kappa shape index (κ1) is 13.6. The molecule has 0 amide bonds. The van der Waals surface area contributed by atoms with Gasteiger partial charge in [-0.15, -0.1) is 0 Å². The van der Waals surface area contributed by atoms with Crippen molar-refractivity contribution in [3.05, 3.63) is 35.9 Å². The molecule has 1 aromatic rings. The molecule has 1 aromatic carbocycles. The van der Waals surface area contributed by atoms with E-state index in [4.69, 9.17) is 4.74 Å². The summed E-state index contributed by atoms with van der Waals surface area (Å²) in [7, 11) is 1.80. The lowest BCUT2D eigenvalue weighted by atomic mass is 10.0. The summed E-state index contributed by atoms with van der Waals surface area (Å²) in [5.41, 5.74) is 2.02. The second-order valence-electron chi connectivity index (χ2n) is 5.51. The summed E-state index contributed by atoms with van der Waals surface area (Å²) < 4.78 is 5.18. The lowest BCUT2D eigenvalue weighted by Crippen LogP contribution is -2.26. The normalized spacial score (nSPS) is 16.7. The van der Waals surface area contributed by atoms with Gasteiger partial charge >= 0.3 is 0 Å². The van der Waals surface area contributed by atoms with Gasteiger partial charge in [0.1, 0.15) is 0 Å². The van der Waals surface area contributed by atoms with Gasteiger partial charge in [0.2, 0.25) is 0 Å². The SMILES string of the molecule is COCCC1(CNCCCc2ccccc2)CC1. The summed E-state index contributed by atoms with van der Waals surface area (Å²) in [6, 6.07) is 10.7. The number of rotatable bonds is 9. The van der Waals surface area contributed by atoms with Crippen LogP contribution in [0.15, 0.2) is 30.3 Å². The summed E-state index contributed by atoms with van der Waals surface area (Å²) >= 11 is 0. The van der Waals surface area contributed by atoms with E-state index in [0.717, 1.165) is 13.2 Å². The molecule has 0 unspecified atom stereocenters. The molecule has 1 fully saturated rings. The third-order valence-electron chi connectivity index (χ3n) is 3.96. The Morgan fingerprint density at radius 2 is 2.00 bits per heavy atom. The summed E-state index contributed by atoms with van der Waals surface area (Å²) in [6.07, 6.45) is 6.38. The monoisotopic (exact) mass is 247 g/mol. The number of benzene rings is 1. The molecule has 0 atom stereocenters. The third-order valence-corrected chi connectivity index (χ3v) is 3.96.